The quantitative estimate of drug-likeness (QED) is 0.386. The molecule has 1 aromatic rings. The Morgan fingerprint density at radius 1 is 1.29 bits per heavy atom. The molecular formula is C11H8ClNO8-2. The summed E-state index contributed by atoms with van der Waals surface area (Å²) in [7, 11) is 0. The molecule has 0 amide bonds. The van der Waals surface area contributed by atoms with E-state index in [1.807, 2.05) is 0 Å². The van der Waals surface area contributed by atoms with Crippen molar-refractivity contribution in [1.82, 2.24) is 0 Å². The van der Waals surface area contributed by atoms with E-state index >= 15 is 0 Å². The van der Waals surface area contributed by atoms with Crippen LogP contribution in [0.1, 0.15) is 17.3 Å². The molecule has 0 aromatic heterocycles. The number of nitro benzene ring substituents is 1. The Kier molecular flexibility index (Phi) is 7.40. The monoisotopic (exact) mass is 317 g/mol. The average Bonchev–Trinajstić information content (AvgIpc) is 2.36. The fourth-order valence-corrected chi connectivity index (χ4v) is 1.20. The van der Waals surface area contributed by atoms with Gasteiger partial charge in [-0.15, -0.1) is 0 Å². The first-order valence-corrected chi connectivity index (χ1v) is 5.51. The molecule has 0 aliphatic carbocycles. The predicted molar refractivity (Wildman–Crippen MR) is 64.1 cm³/mol. The van der Waals surface area contributed by atoms with Crippen LogP contribution in [-0.4, -0.2) is 29.4 Å². The lowest BCUT2D eigenvalue weighted by Crippen LogP contribution is -2.28. The van der Waals surface area contributed by atoms with Gasteiger partial charge >= 0.3 is 5.97 Å². The molecule has 0 N–H and O–H groups in total. The number of ether oxygens (including phenoxy) is 1. The molecule has 114 valence electrons. The van der Waals surface area contributed by atoms with E-state index in [-0.39, 0.29) is 16.3 Å². The Hall–Kier alpha value is -2.68. The second-order valence-corrected chi connectivity index (χ2v) is 3.77. The maximum atomic E-state index is 10.3. The lowest BCUT2D eigenvalue weighted by atomic mass is 10.2. The third kappa shape index (κ3) is 7.47. The fraction of sp³-hybridized carbons (Fsp3) is 0.182. The Bertz CT molecular complexity index is 557. The number of aliphatic carboxylic acids is 1. The summed E-state index contributed by atoms with van der Waals surface area (Å²) >= 11 is 5.44. The van der Waals surface area contributed by atoms with Crippen molar-refractivity contribution in [2.75, 3.05) is 6.61 Å². The second-order valence-electron chi connectivity index (χ2n) is 3.36. The molecule has 0 saturated carbocycles. The summed E-state index contributed by atoms with van der Waals surface area (Å²) < 4.78 is 4.00. The van der Waals surface area contributed by atoms with Crippen LogP contribution in [0.5, 0.6) is 0 Å². The van der Waals surface area contributed by atoms with Gasteiger partial charge < -0.3 is 24.5 Å². The number of carboxylic acid groups (broad SMARTS) is 2. The summed E-state index contributed by atoms with van der Waals surface area (Å²) in [5, 5.41) is 29.9. The summed E-state index contributed by atoms with van der Waals surface area (Å²) in [4.78, 5) is 39.2. The predicted octanol–water partition coefficient (Wildman–Crippen LogP) is -1.09. The van der Waals surface area contributed by atoms with E-state index in [9.17, 15) is 34.7 Å². The molecule has 1 rings (SSSR count). The largest absolute Gasteiger partial charge is 0.546 e. The van der Waals surface area contributed by atoms with E-state index in [2.05, 4.69) is 4.74 Å². The minimum Gasteiger partial charge on any atom is -0.546 e. The molecule has 0 heterocycles. The van der Waals surface area contributed by atoms with E-state index in [0.29, 0.717) is 0 Å². The van der Waals surface area contributed by atoms with Crippen molar-refractivity contribution in [3.63, 3.8) is 0 Å². The number of carbonyl (C=O) groups is 3. The van der Waals surface area contributed by atoms with Gasteiger partial charge in [0.2, 0.25) is 0 Å². The van der Waals surface area contributed by atoms with Crippen LogP contribution < -0.4 is 10.2 Å². The van der Waals surface area contributed by atoms with Gasteiger partial charge in [-0.3, -0.25) is 14.9 Å². The number of non-ortho nitro benzene ring substituents is 1. The molecular weight excluding hydrogens is 310 g/mol. The molecule has 0 unspecified atom stereocenters. The van der Waals surface area contributed by atoms with Crippen molar-refractivity contribution in [1.29, 1.82) is 0 Å². The minimum absolute atomic E-state index is 0.200. The van der Waals surface area contributed by atoms with Crippen molar-refractivity contribution in [2.45, 2.75) is 6.92 Å². The number of benzene rings is 1. The number of halogens is 1. The number of esters is 1. The number of hydrogen-bond acceptors (Lipinski definition) is 8. The SMILES string of the molecule is CC(=O)OCC(=O)[O-].O=C([O-])c1ccc([N+](=O)[O-])cc1Cl. The number of hydrogen-bond donors (Lipinski definition) is 0. The Morgan fingerprint density at radius 3 is 2.14 bits per heavy atom. The highest BCUT2D eigenvalue weighted by atomic mass is 35.5. The third-order valence-corrected chi connectivity index (χ3v) is 2.09. The number of nitro groups is 1. The standard InChI is InChI=1S/C7H4ClNO4.C4H6O4/c8-6-3-4(9(12)13)1-2-5(6)7(10)11;1-3(5)8-2-4(6)7/h1-3H,(H,10,11);2H2,1H3,(H,6,7)/p-2. The molecule has 0 aliphatic heterocycles. The maximum Gasteiger partial charge on any atom is 0.303 e. The number of carbonyl (C=O) groups excluding carboxylic acids is 3. The van der Waals surface area contributed by atoms with Crippen LogP contribution in [0.4, 0.5) is 5.69 Å². The van der Waals surface area contributed by atoms with Crippen molar-refractivity contribution >= 4 is 35.2 Å². The van der Waals surface area contributed by atoms with Gasteiger partial charge in [0.05, 0.1) is 21.9 Å². The Labute approximate surface area is 122 Å². The number of carboxylic acids is 2. The second kappa shape index (κ2) is 8.48. The van der Waals surface area contributed by atoms with Gasteiger partial charge in [0.25, 0.3) is 5.69 Å². The molecule has 10 heteroatoms. The van der Waals surface area contributed by atoms with E-state index in [1.54, 1.807) is 0 Å². The summed E-state index contributed by atoms with van der Waals surface area (Å²) in [6.45, 7) is 0.471. The molecule has 0 spiro atoms. The molecule has 9 nitrogen and oxygen atoms in total. The molecule has 0 atom stereocenters. The van der Waals surface area contributed by atoms with Gasteiger partial charge in [-0.25, -0.2) is 0 Å². The van der Waals surface area contributed by atoms with Crippen molar-refractivity contribution in [3.8, 4) is 0 Å². The topological polar surface area (TPSA) is 150 Å². The lowest BCUT2D eigenvalue weighted by Gasteiger charge is -2.03. The Balaban J connectivity index is 0.000000433. The summed E-state index contributed by atoms with van der Waals surface area (Å²) in [5.74, 6) is -3.46. The summed E-state index contributed by atoms with van der Waals surface area (Å²) in [6, 6.07) is 3.06. The van der Waals surface area contributed by atoms with Crippen LogP contribution in [0.15, 0.2) is 18.2 Å². The Morgan fingerprint density at radius 2 is 1.86 bits per heavy atom. The van der Waals surface area contributed by atoms with Crippen molar-refractivity contribution < 1.29 is 34.3 Å². The maximum absolute atomic E-state index is 10.3. The third-order valence-electron chi connectivity index (χ3n) is 1.78. The normalized spacial score (nSPS) is 9.05. The van der Waals surface area contributed by atoms with Crippen LogP contribution in [0.3, 0.4) is 0 Å². The van der Waals surface area contributed by atoms with E-state index in [0.717, 1.165) is 25.1 Å². The number of rotatable bonds is 4. The first-order chi connectivity index (χ1) is 9.65. The van der Waals surface area contributed by atoms with E-state index in [1.165, 1.54) is 0 Å². The highest BCUT2D eigenvalue weighted by molar-refractivity contribution is 6.33. The first kappa shape index (κ1) is 18.3. The van der Waals surface area contributed by atoms with Gasteiger partial charge in [-0.2, -0.15) is 0 Å². The van der Waals surface area contributed by atoms with Gasteiger partial charge in [-0.05, 0) is 6.07 Å². The zero-order valence-electron chi connectivity index (χ0n) is 10.5. The average molecular weight is 318 g/mol. The summed E-state index contributed by atoms with van der Waals surface area (Å²) in [5.41, 5.74) is -0.512. The minimum atomic E-state index is -1.46. The number of nitrogens with zero attached hydrogens (tertiary/aromatic N) is 1. The fourth-order valence-electron chi connectivity index (χ4n) is 0.944. The van der Waals surface area contributed by atoms with Gasteiger partial charge in [0.15, 0.2) is 0 Å². The molecule has 0 aliphatic rings. The van der Waals surface area contributed by atoms with E-state index in [4.69, 9.17) is 11.6 Å². The van der Waals surface area contributed by atoms with Crippen molar-refractivity contribution in [2.24, 2.45) is 0 Å². The van der Waals surface area contributed by atoms with Crippen LogP contribution in [0.25, 0.3) is 0 Å². The molecule has 0 saturated heterocycles. The number of aromatic carboxylic acids is 1. The lowest BCUT2D eigenvalue weighted by molar-refractivity contribution is -0.384. The highest BCUT2D eigenvalue weighted by Crippen LogP contribution is 2.21. The molecule has 1 aromatic carbocycles. The molecule has 0 radical (unpaired) electrons. The van der Waals surface area contributed by atoms with Crippen LogP contribution in [0, 0.1) is 10.1 Å². The van der Waals surface area contributed by atoms with Gasteiger partial charge in [-0.1, -0.05) is 11.6 Å². The van der Waals surface area contributed by atoms with Crippen LogP contribution >= 0.6 is 11.6 Å². The molecule has 0 fully saturated rings. The zero-order chi connectivity index (χ0) is 16.6. The van der Waals surface area contributed by atoms with E-state index < -0.39 is 29.4 Å². The van der Waals surface area contributed by atoms with Gasteiger partial charge in [0, 0.05) is 24.6 Å². The van der Waals surface area contributed by atoms with Crippen molar-refractivity contribution in [3.05, 3.63) is 38.9 Å². The zero-order valence-corrected chi connectivity index (χ0v) is 11.3. The highest BCUT2D eigenvalue weighted by Gasteiger charge is 2.09. The molecule has 21 heavy (non-hydrogen) atoms. The summed E-state index contributed by atoms with van der Waals surface area (Å²) in [6.07, 6.45) is 0. The smallest absolute Gasteiger partial charge is 0.303 e. The molecule has 0 bridgehead atoms. The first-order valence-electron chi connectivity index (χ1n) is 5.13. The van der Waals surface area contributed by atoms with Crippen LogP contribution in [-0.2, 0) is 14.3 Å². The van der Waals surface area contributed by atoms with Gasteiger partial charge in [0.1, 0.15) is 6.61 Å². The van der Waals surface area contributed by atoms with Crippen LogP contribution in [0.2, 0.25) is 5.02 Å².